The third-order valence-corrected chi connectivity index (χ3v) is 15.5. The van der Waals surface area contributed by atoms with Gasteiger partial charge in [-0.2, -0.15) is 0 Å². The Hall–Kier alpha value is -1.82. The molecule has 0 spiro atoms. The molecular formula is C32H36Br2N2Si. The molecule has 0 N–H and O–H groups in total. The third-order valence-electron chi connectivity index (χ3n) is 9.87. The van der Waals surface area contributed by atoms with Crippen LogP contribution in [-0.4, -0.2) is 32.0 Å². The Kier molecular flexibility index (Phi) is 5.57. The minimum atomic E-state index is -2.08. The maximum atomic E-state index is 4.08. The topological polar surface area (TPSA) is 6.48 Å². The second kappa shape index (κ2) is 8.09. The largest absolute Gasteiger partial charge is 0.351 e. The van der Waals surface area contributed by atoms with Gasteiger partial charge in [0.15, 0.2) is 0 Å². The van der Waals surface area contributed by atoms with Gasteiger partial charge >= 0.3 is 0 Å². The monoisotopic (exact) mass is 634 g/mol. The molecule has 0 aromatic carbocycles. The maximum absolute atomic E-state index is 4.08. The minimum Gasteiger partial charge on any atom is -0.351 e. The number of halogens is 2. The van der Waals surface area contributed by atoms with E-state index in [1.54, 1.807) is 10.4 Å². The Balaban J connectivity index is 1.56. The van der Waals surface area contributed by atoms with E-state index in [1.165, 1.54) is 76.3 Å². The van der Waals surface area contributed by atoms with E-state index in [4.69, 9.17) is 0 Å². The Morgan fingerprint density at radius 3 is 1.30 bits per heavy atom. The van der Waals surface area contributed by atoms with Gasteiger partial charge < -0.3 is 9.80 Å². The summed E-state index contributed by atoms with van der Waals surface area (Å²) >= 11 is 8.17. The molecule has 0 aromatic rings. The van der Waals surface area contributed by atoms with Gasteiger partial charge in [-0.1, -0.05) is 68.3 Å². The van der Waals surface area contributed by atoms with Crippen LogP contribution in [0.25, 0.3) is 0 Å². The van der Waals surface area contributed by atoms with Crippen molar-refractivity contribution in [3.8, 4) is 0 Å². The molecule has 2 nitrogen and oxygen atoms in total. The lowest BCUT2D eigenvalue weighted by atomic mass is 9.89. The summed E-state index contributed by atoms with van der Waals surface area (Å²) in [6.45, 7) is 18.9. The maximum Gasteiger partial charge on any atom is 0.114 e. The van der Waals surface area contributed by atoms with E-state index in [0.717, 1.165) is 0 Å². The van der Waals surface area contributed by atoms with Crippen LogP contribution < -0.4 is 0 Å². The fraction of sp³-hybridized carbons (Fsp3) is 0.375. The van der Waals surface area contributed by atoms with E-state index < -0.39 is 8.07 Å². The number of hydrogen-bond acceptors (Lipinski definition) is 2. The van der Waals surface area contributed by atoms with Crippen molar-refractivity contribution in [1.29, 1.82) is 0 Å². The van der Waals surface area contributed by atoms with Crippen LogP contribution in [0.5, 0.6) is 0 Å². The predicted octanol–water partition coefficient (Wildman–Crippen LogP) is 9.09. The van der Waals surface area contributed by atoms with Crippen molar-refractivity contribution < 1.29 is 0 Å². The Morgan fingerprint density at radius 1 is 0.595 bits per heavy atom. The number of nitrogens with zero attached hydrogens (tertiary/aromatic N) is 2. The molecule has 0 fully saturated rings. The molecule has 2 unspecified atom stereocenters. The van der Waals surface area contributed by atoms with E-state index in [2.05, 4.69) is 135 Å². The molecule has 6 rings (SSSR count). The molecule has 192 valence electrons. The molecule has 2 atom stereocenters. The van der Waals surface area contributed by atoms with Crippen molar-refractivity contribution in [3.05, 3.63) is 111 Å². The van der Waals surface area contributed by atoms with Crippen molar-refractivity contribution in [2.24, 2.45) is 11.8 Å². The zero-order chi connectivity index (χ0) is 26.9. The summed E-state index contributed by atoms with van der Waals surface area (Å²) in [5.41, 5.74) is 17.0. The Morgan fingerprint density at radius 2 is 0.946 bits per heavy atom. The highest BCUT2D eigenvalue weighted by Crippen LogP contribution is 2.56. The van der Waals surface area contributed by atoms with Crippen LogP contribution in [-0.2, 0) is 0 Å². The summed E-state index contributed by atoms with van der Waals surface area (Å²) in [7, 11) is 2.36. The van der Waals surface area contributed by atoms with Gasteiger partial charge in [-0.25, -0.2) is 0 Å². The van der Waals surface area contributed by atoms with Gasteiger partial charge in [0.1, 0.15) is 8.07 Å². The molecule has 5 heteroatoms. The van der Waals surface area contributed by atoms with Gasteiger partial charge in [0.2, 0.25) is 0 Å². The minimum absolute atomic E-state index is 0.342. The summed E-state index contributed by atoms with van der Waals surface area (Å²) in [5, 5.41) is 3.17. The molecule has 0 radical (unpaired) electrons. The second-order valence-electron chi connectivity index (χ2n) is 12.0. The van der Waals surface area contributed by atoms with E-state index in [0.29, 0.717) is 11.8 Å². The molecule has 2 aliphatic heterocycles. The summed E-state index contributed by atoms with van der Waals surface area (Å²) in [4.78, 5) is 4.79. The molecule has 0 bridgehead atoms. The zero-order valence-corrected chi connectivity index (χ0v) is 27.8. The Bertz CT molecular complexity index is 1430. The van der Waals surface area contributed by atoms with Gasteiger partial charge in [-0.3, -0.25) is 0 Å². The smallest absolute Gasteiger partial charge is 0.114 e. The van der Waals surface area contributed by atoms with Crippen molar-refractivity contribution in [1.82, 2.24) is 9.80 Å². The van der Waals surface area contributed by atoms with Crippen molar-refractivity contribution in [2.75, 3.05) is 14.1 Å². The highest BCUT2D eigenvalue weighted by Gasteiger charge is 2.46. The van der Waals surface area contributed by atoms with Crippen LogP contribution in [0.1, 0.15) is 41.5 Å². The predicted molar refractivity (Wildman–Crippen MR) is 166 cm³/mol. The van der Waals surface area contributed by atoms with Crippen molar-refractivity contribution >= 4 is 39.9 Å². The molecule has 0 saturated heterocycles. The Labute approximate surface area is 240 Å². The van der Waals surface area contributed by atoms with Crippen LogP contribution in [0, 0.1) is 11.8 Å². The lowest BCUT2D eigenvalue weighted by molar-refractivity contribution is 0.521. The van der Waals surface area contributed by atoms with Crippen LogP contribution in [0.15, 0.2) is 111 Å². The lowest BCUT2D eigenvalue weighted by Crippen LogP contribution is -2.35. The molecular weight excluding hydrogens is 600 g/mol. The molecule has 0 aromatic heterocycles. The highest BCUT2D eigenvalue weighted by molar-refractivity contribution is 9.12. The molecule has 37 heavy (non-hydrogen) atoms. The fourth-order valence-electron chi connectivity index (χ4n) is 7.68. The number of hydrogen-bond donors (Lipinski definition) is 0. The molecule has 0 amide bonds. The molecule has 2 heterocycles. The normalized spacial score (nSPS) is 27.4. The lowest BCUT2D eigenvalue weighted by Gasteiger charge is -2.33. The van der Waals surface area contributed by atoms with Crippen LogP contribution in [0.2, 0.25) is 13.1 Å². The third kappa shape index (κ3) is 3.14. The average molecular weight is 637 g/mol. The summed E-state index contributed by atoms with van der Waals surface area (Å²) in [5.74, 6) is 0.684. The van der Waals surface area contributed by atoms with Crippen LogP contribution >= 0.6 is 31.9 Å². The quantitative estimate of drug-likeness (QED) is 0.279. The van der Waals surface area contributed by atoms with Crippen LogP contribution in [0.3, 0.4) is 0 Å². The summed E-state index contributed by atoms with van der Waals surface area (Å²) < 4.78 is 2.65. The van der Waals surface area contributed by atoms with Crippen LogP contribution in [0.4, 0.5) is 0 Å². The highest BCUT2D eigenvalue weighted by atomic mass is 79.9. The molecule has 0 saturated carbocycles. The van der Waals surface area contributed by atoms with E-state index >= 15 is 0 Å². The second-order valence-corrected chi connectivity index (χ2v) is 18.0. The van der Waals surface area contributed by atoms with E-state index in [9.17, 15) is 0 Å². The first kappa shape index (κ1) is 25.5. The molecule has 4 aliphatic carbocycles. The first-order valence-corrected chi connectivity index (χ1v) is 17.8. The fourth-order valence-corrected chi connectivity index (χ4v) is 13.6. The average Bonchev–Trinajstić information content (AvgIpc) is 3.49. The summed E-state index contributed by atoms with van der Waals surface area (Å²) in [6.07, 6.45) is 9.90. The molecule has 6 aliphatic rings. The van der Waals surface area contributed by atoms with Gasteiger partial charge in [-0.05, 0) is 97.5 Å². The van der Waals surface area contributed by atoms with Crippen molar-refractivity contribution in [2.45, 2.75) is 54.6 Å². The van der Waals surface area contributed by atoms with Gasteiger partial charge in [-0.15, -0.1) is 0 Å². The number of fused-ring (bicyclic) bond motifs is 4. The standard InChI is InChI=1S/C32H36Br2N2Si/c1-15-11-21-23(13-25-27(29(21)33)17(3)19(5)35(25)7)31(15)37(9,10)32-16(2)12-22-24(32)14-26-28(30(22)34)18(4)20(6)36(26)8/h11-14,27-28H,1-10H3. The summed E-state index contributed by atoms with van der Waals surface area (Å²) in [6, 6.07) is 0. The first-order chi connectivity index (χ1) is 17.3. The van der Waals surface area contributed by atoms with E-state index in [1.807, 2.05) is 0 Å². The number of allylic oxidation sites excluding steroid dienone is 16. The van der Waals surface area contributed by atoms with Gasteiger partial charge in [0.05, 0.1) is 11.8 Å². The zero-order valence-electron chi connectivity index (χ0n) is 23.6. The van der Waals surface area contributed by atoms with Gasteiger partial charge in [0, 0.05) is 45.8 Å². The van der Waals surface area contributed by atoms with Gasteiger partial charge in [0.25, 0.3) is 0 Å². The number of rotatable bonds is 2. The van der Waals surface area contributed by atoms with Crippen molar-refractivity contribution in [3.63, 3.8) is 0 Å². The van der Waals surface area contributed by atoms with E-state index in [-0.39, 0.29) is 0 Å². The first-order valence-electron chi connectivity index (χ1n) is 13.2. The SMILES string of the molecule is CC1=CC2=C(Br)C3C(=CC2=C1[Si](C)(C)C1=C2C=C4C(C(C)=C(C)N4C)C(Br)=C2C=C1C)N(C)C(C)=C3C.